The third-order valence-corrected chi connectivity index (χ3v) is 6.22. The first-order chi connectivity index (χ1) is 13.6. The summed E-state index contributed by atoms with van der Waals surface area (Å²) in [6, 6.07) is 10.2. The van der Waals surface area contributed by atoms with E-state index in [-0.39, 0.29) is 11.8 Å². The molecule has 3 heterocycles. The first-order valence-corrected chi connectivity index (χ1v) is 10.1. The van der Waals surface area contributed by atoms with Gasteiger partial charge in [0.1, 0.15) is 0 Å². The third-order valence-electron chi connectivity index (χ3n) is 5.08. The number of rotatable bonds is 3. The van der Waals surface area contributed by atoms with E-state index in [9.17, 15) is 9.59 Å². The third kappa shape index (κ3) is 2.62. The number of amides is 2. The maximum atomic E-state index is 12.1. The monoisotopic (exact) mass is 390 g/mol. The van der Waals surface area contributed by atoms with Crippen molar-refractivity contribution in [1.29, 1.82) is 0 Å². The Morgan fingerprint density at radius 3 is 2.89 bits per heavy atom. The highest BCUT2D eigenvalue weighted by molar-refractivity contribution is 8.00. The second kappa shape index (κ2) is 6.53. The van der Waals surface area contributed by atoms with Crippen molar-refractivity contribution in [2.75, 3.05) is 22.9 Å². The van der Waals surface area contributed by atoms with Gasteiger partial charge in [-0.05, 0) is 29.7 Å². The maximum absolute atomic E-state index is 12.1. The van der Waals surface area contributed by atoms with Crippen molar-refractivity contribution >= 4 is 51.5 Å². The van der Waals surface area contributed by atoms with Gasteiger partial charge in [-0.3, -0.25) is 14.6 Å². The zero-order valence-electron chi connectivity index (χ0n) is 15.3. The molecule has 28 heavy (non-hydrogen) atoms. The second-order valence-corrected chi connectivity index (χ2v) is 7.87. The minimum Gasteiger partial charge on any atom is -0.356 e. The molecule has 0 spiro atoms. The number of hydrogen-bond acceptors (Lipinski definition) is 5. The fourth-order valence-electron chi connectivity index (χ4n) is 3.94. The van der Waals surface area contributed by atoms with E-state index in [1.54, 1.807) is 6.20 Å². The molecule has 0 aliphatic carbocycles. The molecule has 2 aliphatic heterocycles. The van der Waals surface area contributed by atoms with Gasteiger partial charge in [0.15, 0.2) is 0 Å². The Hall–Kier alpha value is -3.06. The van der Waals surface area contributed by atoms with Crippen LogP contribution < -0.4 is 16.0 Å². The lowest BCUT2D eigenvalue weighted by Crippen LogP contribution is -2.25. The number of hydrogen-bond donors (Lipinski definition) is 3. The number of thioether (sulfide) groups is 1. The summed E-state index contributed by atoms with van der Waals surface area (Å²) in [4.78, 5) is 29.1. The summed E-state index contributed by atoms with van der Waals surface area (Å²) in [5, 5.41) is 10.5. The van der Waals surface area contributed by atoms with E-state index in [1.807, 2.05) is 18.2 Å². The number of nitrogens with one attached hydrogen (secondary N) is 3. The van der Waals surface area contributed by atoms with Gasteiger partial charge in [-0.15, -0.1) is 11.8 Å². The normalized spacial score (nSPS) is 14.0. The predicted molar refractivity (Wildman–Crippen MR) is 112 cm³/mol. The van der Waals surface area contributed by atoms with Crippen LogP contribution in [0.3, 0.4) is 0 Å². The molecule has 7 heteroatoms. The molecule has 0 unspecified atom stereocenters. The van der Waals surface area contributed by atoms with Gasteiger partial charge in [0.25, 0.3) is 0 Å². The molecule has 3 N–H and O–H groups in total. The molecular weight excluding hydrogens is 372 g/mol. The van der Waals surface area contributed by atoms with Crippen LogP contribution in [0.1, 0.15) is 12.5 Å². The highest BCUT2D eigenvalue weighted by atomic mass is 32.2. The molecule has 0 atom stereocenters. The van der Waals surface area contributed by atoms with Crippen LogP contribution in [0.25, 0.3) is 22.0 Å². The largest absolute Gasteiger partial charge is 0.356 e. The van der Waals surface area contributed by atoms with Crippen LogP contribution in [0, 0.1) is 0 Å². The Labute approximate surface area is 166 Å². The van der Waals surface area contributed by atoms with Crippen LogP contribution in [-0.2, 0) is 16.0 Å². The van der Waals surface area contributed by atoms with Crippen LogP contribution in [-0.4, -0.2) is 29.1 Å². The summed E-state index contributed by atoms with van der Waals surface area (Å²) in [5.74, 6) is 0.309. The lowest BCUT2D eigenvalue weighted by Gasteiger charge is -2.29. The lowest BCUT2D eigenvalue weighted by molar-refractivity contribution is -0.119. The van der Waals surface area contributed by atoms with Gasteiger partial charge in [-0.2, -0.15) is 0 Å². The summed E-state index contributed by atoms with van der Waals surface area (Å²) >= 11 is 1.53. The first-order valence-electron chi connectivity index (χ1n) is 9.14. The molecule has 3 aromatic rings. The lowest BCUT2D eigenvalue weighted by atomic mass is 9.91. The van der Waals surface area contributed by atoms with Crippen molar-refractivity contribution in [3.05, 3.63) is 42.1 Å². The number of benzene rings is 2. The predicted octanol–water partition coefficient (Wildman–Crippen LogP) is 3.68. The number of nitrogens with zero attached hydrogens (tertiary/aromatic N) is 1. The maximum Gasteiger partial charge on any atom is 0.234 e. The fraction of sp³-hybridized carbons (Fsp3) is 0.190. The Morgan fingerprint density at radius 1 is 1.18 bits per heavy atom. The second-order valence-electron chi connectivity index (χ2n) is 6.88. The molecule has 2 aliphatic rings. The molecule has 140 valence electrons. The van der Waals surface area contributed by atoms with Crippen molar-refractivity contribution in [2.24, 2.45) is 0 Å². The van der Waals surface area contributed by atoms with E-state index >= 15 is 0 Å². The van der Waals surface area contributed by atoms with Crippen LogP contribution >= 0.6 is 11.8 Å². The summed E-state index contributed by atoms with van der Waals surface area (Å²) < 4.78 is 0. The molecule has 6 nitrogen and oxygen atoms in total. The van der Waals surface area contributed by atoms with Gasteiger partial charge < -0.3 is 16.0 Å². The molecule has 2 amide bonds. The minimum absolute atomic E-state index is 0.0167. The number of anilines is 3. The number of carbonyl (C=O) groups excluding carboxylic acids is 2. The molecule has 0 saturated carbocycles. The summed E-state index contributed by atoms with van der Waals surface area (Å²) in [6.45, 7) is 2.05. The first kappa shape index (κ1) is 17.1. The highest BCUT2D eigenvalue weighted by Gasteiger charge is 2.29. The molecule has 0 radical (unpaired) electrons. The molecule has 1 aromatic heterocycles. The Bertz CT molecular complexity index is 1160. The Balaban J connectivity index is 1.79. The number of carbonyl (C=O) groups is 2. The smallest absolute Gasteiger partial charge is 0.234 e. The Morgan fingerprint density at radius 2 is 2.04 bits per heavy atom. The minimum atomic E-state index is -0.0510. The molecule has 0 saturated heterocycles. The van der Waals surface area contributed by atoms with Crippen LogP contribution in [0.5, 0.6) is 0 Å². The van der Waals surface area contributed by atoms with Gasteiger partial charge in [0, 0.05) is 41.2 Å². The number of fused-ring (bicyclic) bond motifs is 4. The average molecular weight is 390 g/mol. The zero-order valence-corrected chi connectivity index (χ0v) is 16.1. The van der Waals surface area contributed by atoms with E-state index in [2.05, 4.69) is 33.1 Å². The van der Waals surface area contributed by atoms with Crippen molar-refractivity contribution in [2.45, 2.75) is 18.2 Å². The van der Waals surface area contributed by atoms with Crippen molar-refractivity contribution < 1.29 is 9.59 Å². The standard InChI is InChI=1S/C21H18N4O2S/c1-11(26)22-8-7-14-18-17-13(12-4-2-3-5-15(12)24-18)6-9-23-19(17)20-21(14)28-10-16(27)25-20/h2-6,9,24H,7-8,10H2,1H3,(H,22,26)(H,25,27). The topological polar surface area (TPSA) is 83.1 Å². The highest BCUT2D eigenvalue weighted by Crippen LogP contribution is 2.51. The van der Waals surface area contributed by atoms with Gasteiger partial charge in [-0.1, -0.05) is 18.2 Å². The van der Waals surface area contributed by atoms with Crippen molar-refractivity contribution in [3.8, 4) is 11.1 Å². The molecule has 5 rings (SSSR count). The van der Waals surface area contributed by atoms with Gasteiger partial charge >= 0.3 is 0 Å². The summed E-state index contributed by atoms with van der Waals surface area (Å²) in [6.07, 6.45) is 2.46. The Kier molecular flexibility index (Phi) is 3.98. The fourth-order valence-corrected chi connectivity index (χ4v) is 4.96. The van der Waals surface area contributed by atoms with Crippen molar-refractivity contribution in [1.82, 2.24) is 10.3 Å². The molecule has 2 aromatic carbocycles. The van der Waals surface area contributed by atoms with Crippen LogP contribution in [0.15, 0.2) is 41.4 Å². The van der Waals surface area contributed by atoms with Crippen LogP contribution in [0.4, 0.5) is 17.1 Å². The van der Waals surface area contributed by atoms with Crippen molar-refractivity contribution in [3.63, 3.8) is 0 Å². The van der Waals surface area contributed by atoms with Gasteiger partial charge in [0.05, 0.1) is 22.6 Å². The average Bonchev–Trinajstić information content (AvgIpc) is 2.70. The number of aromatic nitrogens is 1. The van der Waals surface area contributed by atoms with Crippen LogP contribution in [0.2, 0.25) is 0 Å². The number of para-hydroxylation sites is 1. The molecule has 0 bridgehead atoms. The van der Waals surface area contributed by atoms with E-state index in [0.717, 1.165) is 49.6 Å². The molecule has 0 fully saturated rings. The SMILES string of the molecule is CC(=O)NCCc1c2c(c3nccc4c3c1Nc1ccccc1-4)NC(=O)CS2. The quantitative estimate of drug-likeness (QED) is 0.497. The van der Waals surface area contributed by atoms with Gasteiger partial charge in [-0.25, -0.2) is 0 Å². The van der Waals surface area contributed by atoms with E-state index in [0.29, 0.717) is 18.7 Å². The zero-order chi connectivity index (χ0) is 19.3. The van der Waals surface area contributed by atoms with Gasteiger partial charge in [0.2, 0.25) is 11.8 Å². The van der Waals surface area contributed by atoms with E-state index < -0.39 is 0 Å². The summed E-state index contributed by atoms with van der Waals surface area (Å²) in [7, 11) is 0. The van der Waals surface area contributed by atoms with E-state index in [4.69, 9.17) is 0 Å². The van der Waals surface area contributed by atoms with E-state index in [1.165, 1.54) is 18.7 Å². The summed E-state index contributed by atoms with van der Waals surface area (Å²) in [5.41, 5.74) is 6.96. The molecular formula is C21H18N4O2S. The number of pyridine rings is 1.